The highest BCUT2D eigenvalue weighted by Crippen LogP contribution is 2.28. The van der Waals surface area contributed by atoms with E-state index in [0.29, 0.717) is 0 Å². The monoisotopic (exact) mass is 403 g/mol. The van der Waals surface area contributed by atoms with E-state index in [-0.39, 0.29) is 12.6 Å². The number of benzene rings is 4. The van der Waals surface area contributed by atoms with Gasteiger partial charge in [0.15, 0.2) is 0 Å². The van der Waals surface area contributed by atoms with Gasteiger partial charge in [0.25, 0.3) is 0 Å². The Bertz CT molecular complexity index is 1310. The van der Waals surface area contributed by atoms with Crippen LogP contribution >= 0.6 is 0 Å². The summed E-state index contributed by atoms with van der Waals surface area (Å²) in [6.45, 7) is 0.178. The molecule has 3 heteroatoms. The van der Waals surface area contributed by atoms with E-state index in [2.05, 4.69) is 12.1 Å². The van der Waals surface area contributed by atoms with Crippen LogP contribution in [0, 0.1) is 0 Å². The Morgan fingerprint density at radius 2 is 1.32 bits per heavy atom. The van der Waals surface area contributed by atoms with Crippen molar-refractivity contribution >= 4 is 27.8 Å². The largest absolute Gasteiger partial charge is 0.460 e. The van der Waals surface area contributed by atoms with Gasteiger partial charge in [0, 0.05) is 16.3 Å². The number of fused-ring (bicyclic) bond motifs is 2. The Balaban J connectivity index is 1.46. The lowest BCUT2D eigenvalue weighted by molar-refractivity contribution is -0.145. The highest BCUT2D eigenvalue weighted by atomic mass is 16.5. The molecule has 1 heterocycles. The SMILES string of the molecule is O=C(OCc1cccc2cc3ccccc3nc12)C(c1ccccc1)c1ccccc1. The van der Waals surface area contributed by atoms with Crippen LogP contribution in [0.25, 0.3) is 21.8 Å². The molecule has 0 spiro atoms. The predicted molar refractivity (Wildman–Crippen MR) is 124 cm³/mol. The van der Waals surface area contributed by atoms with E-state index in [0.717, 1.165) is 38.5 Å². The molecule has 0 saturated heterocycles. The van der Waals surface area contributed by atoms with Crippen LogP contribution in [0.15, 0.2) is 109 Å². The lowest BCUT2D eigenvalue weighted by Gasteiger charge is -2.17. The summed E-state index contributed by atoms with van der Waals surface area (Å²) >= 11 is 0. The molecule has 0 amide bonds. The van der Waals surface area contributed by atoms with Crippen LogP contribution in [-0.2, 0) is 16.1 Å². The van der Waals surface area contributed by atoms with Crippen molar-refractivity contribution in [2.45, 2.75) is 12.5 Å². The number of pyridine rings is 1. The minimum absolute atomic E-state index is 0.178. The van der Waals surface area contributed by atoms with Gasteiger partial charge in [0.1, 0.15) is 12.5 Å². The van der Waals surface area contributed by atoms with Gasteiger partial charge in [-0.15, -0.1) is 0 Å². The van der Waals surface area contributed by atoms with E-state index >= 15 is 0 Å². The standard InChI is InChI=1S/C28H21NO2/c30-28(26(20-10-3-1-4-11-20)21-12-5-2-6-13-21)31-19-24-16-9-15-23-18-22-14-7-8-17-25(22)29-27(23)24/h1-18,26H,19H2. The molecule has 0 atom stereocenters. The van der Waals surface area contributed by atoms with Crippen LogP contribution in [0.5, 0.6) is 0 Å². The molecule has 0 radical (unpaired) electrons. The van der Waals surface area contributed by atoms with Gasteiger partial charge in [-0.3, -0.25) is 4.79 Å². The average molecular weight is 403 g/mol. The first-order valence-corrected chi connectivity index (χ1v) is 10.3. The van der Waals surface area contributed by atoms with E-state index in [9.17, 15) is 4.79 Å². The van der Waals surface area contributed by atoms with Crippen LogP contribution in [0.4, 0.5) is 0 Å². The number of hydrogen-bond donors (Lipinski definition) is 0. The maximum atomic E-state index is 13.2. The second-order valence-electron chi connectivity index (χ2n) is 7.53. The van der Waals surface area contributed by atoms with E-state index < -0.39 is 5.92 Å². The third kappa shape index (κ3) is 3.90. The third-order valence-corrected chi connectivity index (χ3v) is 5.50. The molecule has 0 aliphatic carbocycles. The molecular weight excluding hydrogens is 382 g/mol. The molecule has 0 saturated carbocycles. The minimum Gasteiger partial charge on any atom is -0.460 e. The Morgan fingerprint density at radius 1 is 0.710 bits per heavy atom. The molecule has 0 aliphatic rings. The van der Waals surface area contributed by atoms with Crippen LogP contribution < -0.4 is 0 Å². The van der Waals surface area contributed by atoms with Crippen molar-refractivity contribution in [2.24, 2.45) is 0 Å². The summed E-state index contributed by atoms with van der Waals surface area (Å²) in [6, 6.07) is 35.7. The second kappa shape index (κ2) is 8.41. The number of hydrogen-bond acceptors (Lipinski definition) is 3. The first kappa shape index (κ1) is 19.0. The van der Waals surface area contributed by atoms with E-state index in [1.165, 1.54) is 0 Å². The van der Waals surface area contributed by atoms with Crippen molar-refractivity contribution in [1.82, 2.24) is 4.98 Å². The van der Waals surface area contributed by atoms with Crippen LogP contribution in [0.2, 0.25) is 0 Å². The number of rotatable bonds is 5. The normalized spacial score (nSPS) is 11.1. The number of carbonyl (C=O) groups excluding carboxylic acids is 1. The molecule has 0 bridgehead atoms. The summed E-state index contributed by atoms with van der Waals surface area (Å²) in [7, 11) is 0. The molecule has 0 N–H and O–H groups in total. The van der Waals surface area contributed by atoms with Gasteiger partial charge in [-0.2, -0.15) is 0 Å². The smallest absolute Gasteiger partial charge is 0.318 e. The summed E-state index contributed by atoms with van der Waals surface area (Å²) in [5.41, 5.74) is 4.53. The maximum absolute atomic E-state index is 13.2. The fourth-order valence-electron chi connectivity index (χ4n) is 3.97. The van der Waals surface area contributed by atoms with Crippen molar-refractivity contribution in [2.75, 3.05) is 0 Å². The molecule has 1 aromatic heterocycles. The first-order chi connectivity index (χ1) is 15.3. The highest BCUT2D eigenvalue weighted by Gasteiger charge is 2.24. The van der Waals surface area contributed by atoms with Gasteiger partial charge in [0.05, 0.1) is 11.0 Å². The molecule has 5 aromatic rings. The third-order valence-electron chi connectivity index (χ3n) is 5.50. The summed E-state index contributed by atoms with van der Waals surface area (Å²) in [5.74, 6) is -0.735. The predicted octanol–water partition coefficient (Wildman–Crippen LogP) is 6.26. The van der Waals surface area contributed by atoms with Gasteiger partial charge in [-0.05, 0) is 23.3 Å². The average Bonchev–Trinajstić information content (AvgIpc) is 2.83. The minimum atomic E-state index is -0.467. The highest BCUT2D eigenvalue weighted by molar-refractivity contribution is 5.94. The van der Waals surface area contributed by atoms with Gasteiger partial charge < -0.3 is 4.74 Å². The molecule has 0 fully saturated rings. The molecule has 5 rings (SSSR count). The number of aromatic nitrogens is 1. The lowest BCUT2D eigenvalue weighted by atomic mass is 9.91. The summed E-state index contributed by atoms with van der Waals surface area (Å²) in [4.78, 5) is 18.0. The zero-order valence-electron chi connectivity index (χ0n) is 16.9. The first-order valence-electron chi connectivity index (χ1n) is 10.3. The van der Waals surface area contributed by atoms with E-state index in [1.807, 2.05) is 97.1 Å². The fourth-order valence-corrected chi connectivity index (χ4v) is 3.97. The Morgan fingerprint density at radius 3 is 2.03 bits per heavy atom. The molecule has 0 unspecified atom stereocenters. The number of carbonyl (C=O) groups is 1. The van der Waals surface area contributed by atoms with Crippen molar-refractivity contribution in [3.05, 3.63) is 126 Å². The molecule has 4 aromatic carbocycles. The Hall–Kier alpha value is -3.98. The second-order valence-corrected chi connectivity index (χ2v) is 7.53. The Kier molecular flexibility index (Phi) is 5.16. The van der Waals surface area contributed by atoms with E-state index in [4.69, 9.17) is 9.72 Å². The van der Waals surface area contributed by atoms with Gasteiger partial charge in [0.2, 0.25) is 0 Å². The zero-order valence-corrected chi connectivity index (χ0v) is 16.9. The van der Waals surface area contributed by atoms with Crippen molar-refractivity contribution in [3.63, 3.8) is 0 Å². The Labute approximate surface area is 180 Å². The number of para-hydroxylation sites is 2. The molecule has 150 valence electrons. The molecule has 3 nitrogen and oxygen atoms in total. The molecule has 0 aliphatic heterocycles. The van der Waals surface area contributed by atoms with Crippen molar-refractivity contribution < 1.29 is 9.53 Å². The van der Waals surface area contributed by atoms with Crippen LogP contribution in [-0.4, -0.2) is 11.0 Å². The quantitative estimate of drug-likeness (QED) is 0.257. The van der Waals surface area contributed by atoms with Gasteiger partial charge >= 0.3 is 5.97 Å². The number of esters is 1. The fraction of sp³-hybridized carbons (Fsp3) is 0.0714. The van der Waals surface area contributed by atoms with Crippen molar-refractivity contribution in [3.8, 4) is 0 Å². The van der Waals surface area contributed by atoms with Crippen LogP contribution in [0.3, 0.4) is 0 Å². The van der Waals surface area contributed by atoms with Crippen LogP contribution in [0.1, 0.15) is 22.6 Å². The van der Waals surface area contributed by atoms with Crippen molar-refractivity contribution in [1.29, 1.82) is 0 Å². The topological polar surface area (TPSA) is 39.2 Å². The number of nitrogens with zero attached hydrogens (tertiary/aromatic N) is 1. The summed E-state index contributed by atoms with van der Waals surface area (Å²) in [5, 5.41) is 2.13. The van der Waals surface area contributed by atoms with Gasteiger partial charge in [-0.1, -0.05) is 97.1 Å². The molecule has 31 heavy (non-hydrogen) atoms. The maximum Gasteiger partial charge on any atom is 0.318 e. The number of ether oxygens (including phenoxy) is 1. The zero-order chi connectivity index (χ0) is 21.0. The summed E-state index contributed by atoms with van der Waals surface area (Å²) in [6.07, 6.45) is 0. The molecular formula is C28H21NO2. The summed E-state index contributed by atoms with van der Waals surface area (Å²) < 4.78 is 5.84. The van der Waals surface area contributed by atoms with Gasteiger partial charge in [-0.25, -0.2) is 4.98 Å². The van der Waals surface area contributed by atoms with E-state index in [1.54, 1.807) is 0 Å². The lowest BCUT2D eigenvalue weighted by Crippen LogP contribution is -2.17.